The Kier molecular flexibility index (Phi) is 5.66. The van der Waals surface area contributed by atoms with Crippen LogP contribution in [0, 0.1) is 5.92 Å². The number of thiazole rings is 1. The molecule has 0 saturated carbocycles. The van der Waals surface area contributed by atoms with Crippen molar-refractivity contribution in [2.45, 2.75) is 13.0 Å². The van der Waals surface area contributed by atoms with Crippen LogP contribution >= 0.6 is 11.3 Å². The summed E-state index contributed by atoms with van der Waals surface area (Å²) < 4.78 is 0. The van der Waals surface area contributed by atoms with E-state index in [9.17, 15) is 9.59 Å². The van der Waals surface area contributed by atoms with Crippen LogP contribution in [-0.2, 0) is 9.59 Å². The zero-order valence-corrected chi connectivity index (χ0v) is 16.6. The van der Waals surface area contributed by atoms with E-state index in [1.165, 1.54) is 18.3 Å². The molecule has 2 amide bonds. The number of hydrogen-bond donors (Lipinski definition) is 4. The quantitative estimate of drug-likeness (QED) is 0.521. The SMILES string of the molecule is CC(=O)Nc1ccc(-c2csc(NC(=O)C3CNNC3c3ccccc3)n2)cc1. The van der Waals surface area contributed by atoms with Gasteiger partial charge in [-0.15, -0.1) is 11.3 Å². The number of nitrogens with one attached hydrogen (secondary N) is 4. The minimum atomic E-state index is -0.235. The molecule has 0 spiro atoms. The monoisotopic (exact) mass is 407 g/mol. The minimum absolute atomic E-state index is 0.0711. The number of carbonyl (C=O) groups excluding carboxylic acids is 2. The largest absolute Gasteiger partial charge is 0.326 e. The molecule has 2 aromatic carbocycles. The molecule has 0 aliphatic carbocycles. The maximum absolute atomic E-state index is 12.8. The molecule has 0 radical (unpaired) electrons. The summed E-state index contributed by atoms with van der Waals surface area (Å²) >= 11 is 1.39. The van der Waals surface area contributed by atoms with Crippen LogP contribution in [0.3, 0.4) is 0 Å². The van der Waals surface area contributed by atoms with Gasteiger partial charge in [0.25, 0.3) is 0 Å². The summed E-state index contributed by atoms with van der Waals surface area (Å²) in [7, 11) is 0. The first-order valence-electron chi connectivity index (χ1n) is 9.28. The molecule has 2 atom stereocenters. The lowest BCUT2D eigenvalue weighted by Crippen LogP contribution is -2.29. The zero-order valence-electron chi connectivity index (χ0n) is 15.8. The van der Waals surface area contributed by atoms with E-state index in [0.29, 0.717) is 11.7 Å². The molecule has 1 aliphatic heterocycles. The molecule has 1 fully saturated rings. The topological polar surface area (TPSA) is 95.2 Å². The molecular formula is C21H21N5O2S. The third-order valence-electron chi connectivity index (χ3n) is 4.71. The molecule has 29 heavy (non-hydrogen) atoms. The third kappa shape index (κ3) is 4.51. The normalized spacial score (nSPS) is 18.4. The van der Waals surface area contributed by atoms with E-state index >= 15 is 0 Å². The number of hydrogen-bond acceptors (Lipinski definition) is 6. The van der Waals surface area contributed by atoms with Crippen LogP contribution in [0.2, 0.25) is 0 Å². The van der Waals surface area contributed by atoms with E-state index in [1.54, 1.807) is 0 Å². The van der Waals surface area contributed by atoms with E-state index in [0.717, 1.165) is 22.5 Å². The number of aromatic nitrogens is 1. The molecule has 1 saturated heterocycles. The molecule has 0 bridgehead atoms. The molecule has 1 aromatic heterocycles. The summed E-state index contributed by atoms with van der Waals surface area (Å²) in [6.07, 6.45) is 0. The number of hydrazine groups is 1. The molecule has 3 aromatic rings. The summed E-state index contributed by atoms with van der Waals surface area (Å²) in [5, 5.41) is 8.15. The zero-order chi connectivity index (χ0) is 20.2. The van der Waals surface area contributed by atoms with Crippen molar-refractivity contribution in [1.82, 2.24) is 15.8 Å². The highest BCUT2D eigenvalue weighted by atomic mass is 32.1. The number of benzene rings is 2. The number of amides is 2. The van der Waals surface area contributed by atoms with E-state index in [4.69, 9.17) is 0 Å². The van der Waals surface area contributed by atoms with E-state index in [1.807, 2.05) is 60.0 Å². The van der Waals surface area contributed by atoms with Crippen LogP contribution in [-0.4, -0.2) is 23.3 Å². The fraction of sp³-hybridized carbons (Fsp3) is 0.190. The smallest absolute Gasteiger partial charge is 0.232 e. The Morgan fingerprint density at radius 3 is 2.55 bits per heavy atom. The predicted octanol–water partition coefficient (Wildman–Crippen LogP) is 3.17. The first-order chi connectivity index (χ1) is 14.1. The number of anilines is 2. The lowest BCUT2D eigenvalue weighted by atomic mass is 9.94. The Balaban J connectivity index is 1.43. The molecule has 2 unspecified atom stereocenters. The maximum Gasteiger partial charge on any atom is 0.232 e. The molecular weight excluding hydrogens is 386 g/mol. The highest BCUT2D eigenvalue weighted by Crippen LogP contribution is 2.29. The summed E-state index contributed by atoms with van der Waals surface area (Å²) in [4.78, 5) is 28.5. The molecule has 4 N–H and O–H groups in total. The fourth-order valence-electron chi connectivity index (χ4n) is 3.31. The van der Waals surface area contributed by atoms with Gasteiger partial charge in [0.2, 0.25) is 11.8 Å². The van der Waals surface area contributed by atoms with Gasteiger partial charge in [0.1, 0.15) is 0 Å². The predicted molar refractivity (Wildman–Crippen MR) is 114 cm³/mol. The van der Waals surface area contributed by atoms with Gasteiger partial charge in [-0.05, 0) is 17.7 Å². The van der Waals surface area contributed by atoms with Crippen molar-refractivity contribution in [2.75, 3.05) is 17.2 Å². The highest BCUT2D eigenvalue weighted by Gasteiger charge is 2.34. The summed E-state index contributed by atoms with van der Waals surface area (Å²) in [5.41, 5.74) is 9.76. The van der Waals surface area contributed by atoms with E-state index in [2.05, 4.69) is 26.5 Å². The van der Waals surface area contributed by atoms with Gasteiger partial charge in [0.05, 0.1) is 17.7 Å². The molecule has 1 aliphatic rings. The first kappa shape index (κ1) is 19.3. The molecule has 7 nitrogen and oxygen atoms in total. The van der Waals surface area contributed by atoms with Crippen LogP contribution in [0.15, 0.2) is 60.0 Å². The Hall–Kier alpha value is -3.07. The second kappa shape index (κ2) is 8.52. The van der Waals surface area contributed by atoms with Gasteiger partial charge in [0.15, 0.2) is 5.13 Å². The molecule has 148 valence electrons. The standard InChI is InChI=1S/C21H21N5O2S/c1-13(27)23-16-9-7-14(8-10-16)18-12-29-21(24-18)25-20(28)17-11-22-26-19(17)15-5-3-2-4-6-15/h2-10,12,17,19,22,26H,11H2,1H3,(H,23,27)(H,24,25,28). The summed E-state index contributed by atoms with van der Waals surface area (Å²) in [5.74, 6) is -0.416. The van der Waals surface area contributed by atoms with Gasteiger partial charge in [0, 0.05) is 30.1 Å². The van der Waals surface area contributed by atoms with Crippen LogP contribution in [0.4, 0.5) is 10.8 Å². The van der Waals surface area contributed by atoms with Crippen LogP contribution in [0.1, 0.15) is 18.5 Å². The van der Waals surface area contributed by atoms with Crippen molar-refractivity contribution < 1.29 is 9.59 Å². The first-order valence-corrected chi connectivity index (χ1v) is 10.2. The van der Waals surface area contributed by atoms with Crippen LogP contribution in [0.5, 0.6) is 0 Å². The Morgan fingerprint density at radius 1 is 1.07 bits per heavy atom. The minimum Gasteiger partial charge on any atom is -0.326 e. The lowest BCUT2D eigenvalue weighted by molar-refractivity contribution is -0.119. The van der Waals surface area contributed by atoms with Crippen LogP contribution in [0.25, 0.3) is 11.3 Å². The Labute approximate surface area is 172 Å². The summed E-state index contributed by atoms with van der Waals surface area (Å²) in [6, 6.07) is 17.3. The molecule has 2 heterocycles. The average Bonchev–Trinajstić information content (AvgIpc) is 3.38. The van der Waals surface area contributed by atoms with Gasteiger partial charge in [-0.1, -0.05) is 42.5 Å². The second-order valence-corrected chi connectivity index (χ2v) is 7.66. The van der Waals surface area contributed by atoms with Crippen LogP contribution < -0.4 is 21.5 Å². The van der Waals surface area contributed by atoms with Gasteiger partial charge in [-0.2, -0.15) is 0 Å². The van der Waals surface area contributed by atoms with E-state index in [-0.39, 0.29) is 23.8 Å². The second-order valence-electron chi connectivity index (χ2n) is 6.81. The van der Waals surface area contributed by atoms with Crippen molar-refractivity contribution in [3.05, 3.63) is 65.5 Å². The number of carbonyl (C=O) groups is 2. The van der Waals surface area contributed by atoms with Gasteiger partial charge >= 0.3 is 0 Å². The summed E-state index contributed by atoms with van der Waals surface area (Å²) in [6.45, 7) is 2.02. The van der Waals surface area contributed by atoms with Crippen molar-refractivity contribution >= 4 is 34.0 Å². The van der Waals surface area contributed by atoms with E-state index < -0.39 is 0 Å². The maximum atomic E-state index is 12.8. The molecule has 4 rings (SSSR count). The molecule has 8 heteroatoms. The van der Waals surface area contributed by atoms with Crippen molar-refractivity contribution in [3.63, 3.8) is 0 Å². The number of nitrogens with zero attached hydrogens (tertiary/aromatic N) is 1. The Bertz CT molecular complexity index is 1000. The Morgan fingerprint density at radius 2 is 1.83 bits per heavy atom. The third-order valence-corrected chi connectivity index (χ3v) is 5.47. The van der Waals surface area contributed by atoms with Gasteiger partial charge in [-0.3, -0.25) is 15.0 Å². The number of rotatable bonds is 5. The van der Waals surface area contributed by atoms with Crippen molar-refractivity contribution in [3.8, 4) is 11.3 Å². The van der Waals surface area contributed by atoms with Crippen molar-refractivity contribution in [1.29, 1.82) is 0 Å². The highest BCUT2D eigenvalue weighted by molar-refractivity contribution is 7.14. The van der Waals surface area contributed by atoms with Crippen molar-refractivity contribution in [2.24, 2.45) is 5.92 Å². The van der Waals surface area contributed by atoms with Gasteiger partial charge in [-0.25, -0.2) is 10.4 Å². The fourth-order valence-corrected chi connectivity index (χ4v) is 4.03. The average molecular weight is 407 g/mol. The lowest BCUT2D eigenvalue weighted by Gasteiger charge is -2.17. The van der Waals surface area contributed by atoms with Gasteiger partial charge < -0.3 is 10.6 Å².